The molecule has 1 aromatic rings. The van der Waals surface area contributed by atoms with Crippen LogP contribution in [0.5, 0.6) is 0 Å². The summed E-state index contributed by atoms with van der Waals surface area (Å²) >= 11 is 0. The quantitative estimate of drug-likeness (QED) is 0.669. The summed E-state index contributed by atoms with van der Waals surface area (Å²) in [6, 6.07) is 9.02. The van der Waals surface area contributed by atoms with Crippen molar-refractivity contribution in [2.45, 2.75) is 26.2 Å². The first-order chi connectivity index (χ1) is 10.1. The Morgan fingerprint density at radius 3 is 2.14 bits per heavy atom. The molecule has 1 aromatic carbocycles. The predicted molar refractivity (Wildman–Crippen MR) is 80.6 cm³/mol. The number of nitrogens with one attached hydrogen (secondary N) is 3. The molecule has 6 nitrogen and oxygen atoms in total. The van der Waals surface area contributed by atoms with E-state index < -0.39 is 0 Å². The molecule has 3 N–H and O–H groups in total. The molecule has 0 atom stereocenters. The van der Waals surface area contributed by atoms with Gasteiger partial charge < -0.3 is 16.0 Å². The van der Waals surface area contributed by atoms with Gasteiger partial charge in [0.05, 0.1) is 6.54 Å². The summed E-state index contributed by atoms with van der Waals surface area (Å²) in [5.74, 6) is -0.576. The molecule has 0 aromatic heterocycles. The summed E-state index contributed by atoms with van der Waals surface area (Å²) in [7, 11) is 0. The first kappa shape index (κ1) is 16.7. The number of carbonyl (C=O) groups excluding carboxylic acids is 3. The number of rotatable bonds is 8. The third kappa shape index (κ3) is 7.71. The Bertz CT molecular complexity index is 474. The minimum absolute atomic E-state index is 0.0629. The first-order valence-corrected chi connectivity index (χ1v) is 7.00. The molecule has 6 heteroatoms. The molecule has 3 amide bonds. The van der Waals surface area contributed by atoms with E-state index in [0.717, 1.165) is 0 Å². The van der Waals surface area contributed by atoms with Crippen LogP contribution in [0.25, 0.3) is 0 Å². The monoisotopic (exact) mass is 291 g/mol. The zero-order valence-electron chi connectivity index (χ0n) is 12.1. The van der Waals surface area contributed by atoms with Gasteiger partial charge in [0.1, 0.15) is 0 Å². The van der Waals surface area contributed by atoms with E-state index in [1.165, 1.54) is 0 Å². The number of benzene rings is 1. The van der Waals surface area contributed by atoms with Crippen molar-refractivity contribution >= 4 is 23.4 Å². The fraction of sp³-hybridized carbons (Fsp3) is 0.400. The molecule has 0 unspecified atom stereocenters. The van der Waals surface area contributed by atoms with Crippen LogP contribution in [0.3, 0.4) is 0 Å². The number of amides is 3. The maximum Gasteiger partial charge on any atom is 0.243 e. The highest BCUT2D eigenvalue weighted by Gasteiger charge is 2.07. The molecule has 0 saturated heterocycles. The molecule has 0 heterocycles. The highest BCUT2D eigenvalue weighted by Crippen LogP contribution is 2.04. The zero-order chi connectivity index (χ0) is 15.5. The first-order valence-electron chi connectivity index (χ1n) is 7.00. The van der Waals surface area contributed by atoms with Crippen LogP contribution in [0.4, 0.5) is 5.69 Å². The van der Waals surface area contributed by atoms with E-state index in [-0.39, 0.29) is 30.7 Å². The average molecular weight is 291 g/mol. The van der Waals surface area contributed by atoms with Gasteiger partial charge in [0, 0.05) is 25.1 Å². The van der Waals surface area contributed by atoms with Gasteiger partial charge in [-0.25, -0.2) is 0 Å². The third-order valence-corrected chi connectivity index (χ3v) is 2.69. The second-order valence-electron chi connectivity index (χ2n) is 4.50. The van der Waals surface area contributed by atoms with Gasteiger partial charge in [-0.2, -0.15) is 0 Å². The van der Waals surface area contributed by atoms with Gasteiger partial charge in [-0.15, -0.1) is 0 Å². The van der Waals surface area contributed by atoms with E-state index in [9.17, 15) is 14.4 Å². The van der Waals surface area contributed by atoms with Crippen LogP contribution in [-0.2, 0) is 14.4 Å². The van der Waals surface area contributed by atoms with Crippen molar-refractivity contribution in [1.82, 2.24) is 10.6 Å². The lowest BCUT2D eigenvalue weighted by molar-refractivity contribution is -0.124. The summed E-state index contributed by atoms with van der Waals surface area (Å²) in [4.78, 5) is 34.3. The second kappa shape index (κ2) is 9.52. The van der Waals surface area contributed by atoms with Gasteiger partial charge >= 0.3 is 0 Å². The standard InChI is InChI=1S/C15H21N3O3/c1-2-16-13(19)9-6-10-14(20)17-11-15(21)18-12-7-4-3-5-8-12/h3-5,7-8H,2,6,9-11H2,1H3,(H,16,19)(H,17,20)(H,18,21). The Morgan fingerprint density at radius 1 is 0.905 bits per heavy atom. The molecular formula is C15H21N3O3. The predicted octanol–water partition coefficient (Wildman–Crippen LogP) is 1.05. The van der Waals surface area contributed by atoms with E-state index in [1.54, 1.807) is 12.1 Å². The van der Waals surface area contributed by atoms with Gasteiger partial charge in [0.25, 0.3) is 0 Å². The minimum atomic E-state index is -0.279. The van der Waals surface area contributed by atoms with Crippen LogP contribution >= 0.6 is 0 Å². The summed E-state index contributed by atoms with van der Waals surface area (Å²) in [5.41, 5.74) is 0.688. The highest BCUT2D eigenvalue weighted by molar-refractivity contribution is 5.94. The van der Waals surface area contributed by atoms with Crippen molar-refractivity contribution in [2.24, 2.45) is 0 Å². The summed E-state index contributed by atoms with van der Waals surface area (Å²) in [5, 5.41) is 7.86. The van der Waals surface area contributed by atoms with Crippen LogP contribution in [0.15, 0.2) is 30.3 Å². The van der Waals surface area contributed by atoms with Crippen LogP contribution in [0.2, 0.25) is 0 Å². The smallest absolute Gasteiger partial charge is 0.243 e. The Balaban J connectivity index is 2.15. The van der Waals surface area contributed by atoms with E-state index >= 15 is 0 Å². The van der Waals surface area contributed by atoms with E-state index in [4.69, 9.17) is 0 Å². The van der Waals surface area contributed by atoms with Gasteiger partial charge in [0.15, 0.2) is 0 Å². The molecule has 21 heavy (non-hydrogen) atoms. The van der Waals surface area contributed by atoms with Crippen molar-refractivity contribution in [3.05, 3.63) is 30.3 Å². The highest BCUT2D eigenvalue weighted by atomic mass is 16.2. The molecule has 1 rings (SSSR count). The number of para-hydroxylation sites is 1. The number of hydrogen-bond donors (Lipinski definition) is 3. The van der Waals surface area contributed by atoms with Crippen LogP contribution in [0, 0.1) is 0 Å². The molecule has 0 aliphatic rings. The van der Waals surface area contributed by atoms with Crippen molar-refractivity contribution < 1.29 is 14.4 Å². The van der Waals surface area contributed by atoms with Gasteiger partial charge in [0.2, 0.25) is 17.7 Å². The maximum absolute atomic E-state index is 11.6. The Hall–Kier alpha value is -2.37. The van der Waals surface area contributed by atoms with Crippen molar-refractivity contribution in [3.8, 4) is 0 Å². The summed E-state index contributed by atoms with van der Waals surface area (Å²) < 4.78 is 0. The summed E-state index contributed by atoms with van der Waals surface area (Å²) in [6.45, 7) is 2.36. The molecule has 0 aliphatic heterocycles. The number of anilines is 1. The molecule has 0 radical (unpaired) electrons. The maximum atomic E-state index is 11.6. The molecule has 0 aliphatic carbocycles. The Morgan fingerprint density at radius 2 is 1.52 bits per heavy atom. The molecule has 0 fully saturated rings. The second-order valence-corrected chi connectivity index (χ2v) is 4.50. The molecule has 0 saturated carbocycles. The minimum Gasteiger partial charge on any atom is -0.356 e. The van der Waals surface area contributed by atoms with E-state index in [0.29, 0.717) is 25.1 Å². The fourth-order valence-corrected chi connectivity index (χ4v) is 1.69. The molecule has 0 spiro atoms. The Labute approximate surface area is 124 Å². The van der Waals surface area contributed by atoms with Crippen molar-refractivity contribution in [3.63, 3.8) is 0 Å². The lowest BCUT2D eigenvalue weighted by Crippen LogP contribution is -2.33. The largest absolute Gasteiger partial charge is 0.356 e. The lowest BCUT2D eigenvalue weighted by Gasteiger charge is -2.07. The fourth-order valence-electron chi connectivity index (χ4n) is 1.69. The topological polar surface area (TPSA) is 87.3 Å². The lowest BCUT2D eigenvalue weighted by atomic mass is 10.2. The van der Waals surface area contributed by atoms with E-state index in [1.807, 2.05) is 25.1 Å². The van der Waals surface area contributed by atoms with Crippen LogP contribution in [0.1, 0.15) is 26.2 Å². The Kier molecular flexibility index (Phi) is 7.56. The normalized spacial score (nSPS) is 9.76. The number of hydrogen-bond acceptors (Lipinski definition) is 3. The van der Waals surface area contributed by atoms with Crippen LogP contribution < -0.4 is 16.0 Å². The SMILES string of the molecule is CCNC(=O)CCCC(=O)NCC(=O)Nc1ccccc1. The van der Waals surface area contributed by atoms with Crippen molar-refractivity contribution in [2.75, 3.05) is 18.4 Å². The molecule has 114 valence electrons. The van der Waals surface area contributed by atoms with Crippen LogP contribution in [-0.4, -0.2) is 30.8 Å². The van der Waals surface area contributed by atoms with Gasteiger partial charge in [-0.3, -0.25) is 14.4 Å². The van der Waals surface area contributed by atoms with Crippen molar-refractivity contribution in [1.29, 1.82) is 0 Å². The van der Waals surface area contributed by atoms with E-state index in [2.05, 4.69) is 16.0 Å². The zero-order valence-corrected chi connectivity index (χ0v) is 12.1. The van der Waals surface area contributed by atoms with Gasteiger partial charge in [-0.05, 0) is 25.5 Å². The summed E-state index contributed by atoms with van der Waals surface area (Å²) in [6.07, 6.45) is 1.02. The average Bonchev–Trinajstić information content (AvgIpc) is 2.46. The number of carbonyl (C=O) groups is 3. The molecular weight excluding hydrogens is 270 g/mol. The van der Waals surface area contributed by atoms with Gasteiger partial charge in [-0.1, -0.05) is 18.2 Å². The third-order valence-electron chi connectivity index (χ3n) is 2.69. The molecule has 0 bridgehead atoms.